The Hall–Kier alpha value is -3.35. The number of benzene rings is 2. The summed E-state index contributed by atoms with van der Waals surface area (Å²) >= 11 is 0. The zero-order valence-corrected chi connectivity index (χ0v) is 16.8. The first kappa shape index (κ1) is 20.4. The molecule has 7 heteroatoms. The smallest absolute Gasteiger partial charge is 0.261 e. The van der Waals surface area contributed by atoms with Crippen LogP contribution in [0.5, 0.6) is 11.5 Å². The molecule has 0 radical (unpaired) electrons. The number of likely N-dealkylation sites (N-methyl/N-ethyl adjacent to an activating group) is 1. The molecule has 1 heterocycles. The molecule has 3 amide bonds. The van der Waals surface area contributed by atoms with E-state index in [9.17, 15) is 14.4 Å². The molecule has 2 aromatic carbocycles. The van der Waals surface area contributed by atoms with Crippen molar-refractivity contribution in [2.75, 3.05) is 34.4 Å². The van der Waals surface area contributed by atoms with E-state index in [1.54, 1.807) is 50.4 Å². The van der Waals surface area contributed by atoms with Crippen LogP contribution in [0.15, 0.2) is 42.5 Å². The van der Waals surface area contributed by atoms with Crippen LogP contribution in [0.3, 0.4) is 0 Å². The first-order valence-corrected chi connectivity index (χ1v) is 9.36. The van der Waals surface area contributed by atoms with Gasteiger partial charge in [0.2, 0.25) is 5.91 Å². The van der Waals surface area contributed by atoms with Crippen LogP contribution in [-0.2, 0) is 11.2 Å². The van der Waals surface area contributed by atoms with Crippen LogP contribution in [0.25, 0.3) is 0 Å². The highest BCUT2D eigenvalue weighted by Crippen LogP contribution is 2.27. The summed E-state index contributed by atoms with van der Waals surface area (Å²) in [6.07, 6.45) is 0.740. The van der Waals surface area contributed by atoms with E-state index >= 15 is 0 Å². The van der Waals surface area contributed by atoms with Gasteiger partial charge in [-0.3, -0.25) is 19.3 Å². The molecule has 2 aromatic rings. The van der Waals surface area contributed by atoms with E-state index in [-0.39, 0.29) is 30.7 Å². The van der Waals surface area contributed by atoms with Crippen molar-refractivity contribution in [3.8, 4) is 11.5 Å². The van der Waals surface area contributed by atoms with E-state index in [1.807, 2.05) is 18.2 Å². The van der Waals surface area contributed by atoms with Crippen LogP contribution in [0.1, 0.15) is 32.7 Å². The molecule has 3 rings (SSSR count). The molecule has 0 saturated heterocycles. The van der Waals surface area contributed by atoms with Crippen LogP contribution in [-0.4, -0.2) is 61.9 Å². The zero-order valence-electron chi connectivity index (χ0n) is 16.8. The molecule has 0 saturated carbocycles. The minimum atomic E-state index is -0.341. The summed E-state index contributed by atoms with van der Waals surface area (Å²) in [4.78, 5) is 40.0. The largest absolute Gasteiger partial charge is 0.493 e. The number of imide groups is 1. The lowest BCUT2D eigenvalue weighted by Gasteiger charge is -2.19. The molecule has 0 N–H and O–H groups in total. The van der Waals surface area contributed by atoms with Crippen LogP contribution in [0, 0.1) is 0 Å². The molecule has 1 aliphatic rings. The molecule has 0 atom stereocenters. The fourth-order valence-electron chi connectivity index (χ4n) is 3.30. The van der Waals surface area contributed by atoms with Gasteiger partial charge in [0.15, 0.2) is 11.5 Å². The van der Waals surface area contributed by atoms with Crippen LogP contribution in [0.2, 0.25) is 0 Å². The standard InChI is InChI=1S/C22H24N2O5/c1-23(12-10-15-8-9-18(28-2)19(14-15)29-3)20(25)11-13-24-21(26)16-6-4-5-7-17(16)22(24)27/h4-9,14H,10-13H2,1-3H3. The Morgan fingerprint density at radius 3 is 2.17 bits per heavy atom. The highest BCUT2D eigenvalue weighted by Gasteiger charge is 2.35. The molecule has 7 nitrogen and oxygen atoms in total. The van der Waals surface area contributed by atoms with Gasteiger partial charge in [-0.1, -0.05) is 18.2 Å². The van der Waals surface area contributed by atoms with Gasteiger partial charge in [0.1, 0.15) is 0 Å². The number of nitrogens with zero attached hydrogens (tertiary/aromatic N) is 2. The summed E-state index contributed by atoms with van der Waals surface area (Å²) in [5, 5.41) is 0. The van der Waals surface area contributed by atoms with E-state index in [0.29, 0.717) is 35.6 Å². The normalized spacial score (nSPS) is 12.7. The SMILES string of the molecule is COc1ccc(CCN(C)C(=O)CCN2C(=O)c3ccccc3C2=O)cc1OC. The quantitative estimate of drug-likeness (QED) is 0.641. The van der Waals surface area contributed by atoms with Gasteiger partial charge in [0.25, 0.3) is 11.8 Å². The maximum Gasteiger partial charge on any atom is 0.261 e. The van der Waals surface area contributed by atoms with E-state index in [0.717, 1.165) is 10.5 Å². The third-order valence-corrected chi connectivity index (χ3v) is 5.04. The predicted molar refractivity (Wildman–Crippen MR) is 107 cm³/mol. The molecule has 0 fully saturated rings. The maximum absolute atomic E-state index is 12.5. The highest BCUT2D eigenvalue weighted by molar-refractivity contribution is 6.21. The van der Waals surface area contributed by atoms with Crippen molar-refractivity contribution >= 4 is 17.7 Å². The van der Waals surface area contributed by atoms with Crippen LogP contribution in [0.4, 0.5) is 0 Å². The molecule has 29 heavy (non-hydrogen) atoms. The van der Waals surface area contributed by atoms with Gasteiger partial charge in [-0.05, 0) is 36.2 Å². The Morgan fingerprint density at radius 1 is 0.966 bits per heavy atom. The molecule has 152 valence electrons. The lowest BCUT2D eigenvalue weighted by Crippen LogP contribution is -2.36. The topological polar surface area (TPSA) is 76.2 Å². The van der Waals surface area contributed by atoms with Gasteiger partial charge >= 0.3 is 0 Å². The number of carbonyl (C=O) groups excluding carboxylic acids is 3. The number of ether oxygens (including phenoxy) is 2. The van der Waals surface area contributed by atoms with Gasteiger partial charge in [-0.2, -0.15) is 0 Å². The Balaban J connectivity index is 1.53. The van der Waals surface area contributed by atoms with Gasteiger partial charge in [0.05, 0.1) is 25.3 Å². The lowest BCUT2D eigenvalue weighted by atomic mass is 10.1. The average molecular weight is 396 g/mol. The fourth-order valence-corrected chi connectivity index (χ4v) is 3.30. The maximum atomic E-state index is 12.5. The number of amides is 3. The zero-order chi connectivity index (χ0) is 21.0. The summed E-state index contributed by atoms with van der Waals surface area (Å²) in [6.45, 7) is 0.586. The molecule has 0 bridgehead atoms. The summed E-state index contributed by atoms with van der Waals surface area (Å²) < 4.78 is 10.5. The van der Waals surface area contributed by atoms with Crippen LogP contribution >= 0.6 is 0 Å². The number of hydrogen-bond donors (Lipinski definition) is 0. The molecule has 1 aliphatic heterocycles. The predicted octanol–water partition coefficient (Wildman–Crippen LogP) is 2.39. The minimum absolute atomic E-state index is 0.0753. The Morgan fingerprint density at radius 2 is 1.59 bits per heavy atom. The monoisotopic (exact) mass is 396 g/mol. The van der Waals surface area contributed by atoms with Gasteiger partial charge in [0, 0.05) is 26.6 Å². The van der Waals surface area contributed by atoms with E-state index < -0.39 is 0 Å². The van der Waals surface area contributed by atoms with Crippen molar-refractivity contribution in [1.29, 1.82) is 0 Å². The van der Waals surface area contributed by atoms with E-state index in [4.69, 9.17) is 9.47 Å². The second-order valence-electron chi connectivity index (χ2n) is 6.81. The second kappa shape index (κ2) is 8.77. The molecular formula is C22H24N2O5. The first-order valence-electron chi connectivity index (χ1n) is 9.36. The van der Waals surface area contributed by atoms with Crippen molar-refractivity contribution in [2.45, 2.75) is 12.8 Å². The third kappa shape index (κ3) is 4.23. The number of rotatable bonds is 8. The van der Waals surface area contributed by atoms with E-state index in [1.165, 1.54) is 0 Å². The molecule has 0 aliphatic carbocycles. The minimum Gasteiger partial charge on any atom is -0.493 e. The molecule has 0 spiro atoms. The lowest BCUT2D eigenvalue weighted by molar-refractivity contribution is -0.129. The van der Waals surface area contributed by atoms with Gasteiger partial charge in [-0.25, -0.2) is 0 Å². The van der Waals surface area contributed by atoms with Crippen molar-refractivity contribution in [3.63, 3.8) is 0 Å². The Labute approximate surface area is 169 Å². The third-order valence-electron chi connectivity index (χ3n) is 5.04. The summed E-state index contributed by atoms with van der Waals surface area (Å²) in [6, 6.07) is 12.4. The Bertz CT molecular complexity index is 906. The summed E-state index contributed by atoms with van der Waals surface area (Å²) in [5.74, 6) is 0.492. The number of fused-ring (bicyclic) bond motifs is 1. The number of methoxy groups -OCH3 is 2. The number of carbonyl (C=O) groups is 3. The molecule has 0 unspecified atom stereocenters. The highest BCUT2D eigenvalue weighted by atomic mass is 16.5. The van der Waals surface area contributed by atoms with Crippen molar-refractivity contribution < 1.29 is 23.9 Å². The van der Waals surface area contributed by atoms with Gasteiger partial charge in [-0.15, -0.1) is 0 Å². The fraction of sp³-hybridized carbons (Fsp3) is 0.318. The summed E-state index contributed by atoms with van der Waals surface area (Å²) in [5.41, 5.74) is 1.81. The van der Waals surface area contributed by atoms with E-state index in [2.05, 4.69) is 0 Å². The van der Waals surface area contributed by atoms with Crippen molar-refractivity contribution in [1.82, 2.24) is 9.80 Å². The Kier molecular flexibility index (Phi) is 6.16. The summed E-state index contributed by atoms with van der Waals surface area (Å²) in [7, 11) is 4.88. The average Bonchev–Trinajstić information content (AvgIpc) is 3.00. The van der Waals surface area contributed by atoms with Crippen LogP contribution < -0.4 is 9.47 Å². The molecular weight excluding hydrogens is 372 g/mol. The van der Waals surface area contributed by atoms with Crippen molar-refractivity contribution in [2.24, 2.45) is 0 Å². The van der Waals surface area contributed by atoms with Gasteiger partial charge < -0.3 is 14.4 Å². The van der Waals surface area contributed by atoms with Crippen molar-refractivity contribution in [3.05, 3.63) is 59.2 Å². The second-order valence-corrected chi connectivity index (χ2v) is 6.81. The number of hydrogen-bond acceptors (Lipinski definition) is 5. The molecule has 0 aromatic heterocycles. The first-order chi connectivity index (χ1) is 14.0.